The summed E-state index contributed by atoms with van der Waals surface area (Å²) in [5, 5.41) is 0.0231. The molecule has 0 bridgehead atoms. The largest absolute Gasteiger partial charge is 0.463 e. The monoisotopic (exact) mass is 569 g/mol. The van der Waals surface area contributed by atoms with Crippen LogP contribution in [0.5, 0.6) is 0 Å². The van der Waals surface area contributed by atoms with Gasteiger partial charge in [-0.25, -0.2) is 4.98 Å². The molecule has 1 aromatic carbocycles. The number of rotatable bonds is 6. The summed E-state index contributed by atoms with van der Waals surface area (Å²) in [5.41, 5.74) is 3.79. The number of ether oxygens (including phenoxy) is 4. The quantitative estimate of drug-likeness (QED) is 0.246. The molecule has 0 amide bonds. The minimum atomic E-state index is -1.07. The van der Waals surface area contributed by atoms with E-state index in [0.717, 1.165) is 25.9 Å². The number of imidazole rings is 1. The maximum Gasteiger partial charge on any atom is 0.303 e. The van der Waals surface area contributed by atoms with Crippen LogP contribution in [0.1, 0.15) is 38.1 Å². The first kappa shape index (κ1) is 26.5. The van der Waals surface area contributed by atoms with Gasteiger partial charge in [-0.05, 0) is 35.6 Å². The Balaban J connectivity index is 1.31. The lowest BCUT2D eigenvalue weighted by Crippen LogP contribution is -2.57. The molecular weight excluding hydrogens is 542 g/mol. The van der Waals surface area contributed by atoms with Crippen LogP contribution >= 0.6 is 11.6 Å². The number of carbonyl (C=O) groups excluding carboxylic acids is 3. The number of benzene rings is 1. The van der Waals surface area contributed by atoms with Crippen LogP contribution in [0.15, 0.2) is 30.6 Å². The van der Waals surface area contributed by atoms with E-state index in [9.17, 15) is 14.4 Å². The maximum atomic E-state index is 12.0. The van der Waals surface area contributed by atoms with Gasteiger partial charge >= 0.3 is 17.9 Å². The first-order valence-electron chi connectivity index (χ1n) is 13.0. The normalized spacial score (nSPS) is 24.6. The van der Waals surface area contributed by atoms with Crippen molar-refractivity contribution in [3.8, 4) is 0 Å². The van der Waals surface area contributed by atoms with Crippen LogP contribution in [-0.4, -0.2) is 75.4 Å². The number of anilines is 1. The van der Waals surface area contributed by atoms with Crippen molar-refractivity contribution >= 4 is 46.5 Å². The summed E-state index contributed by atoms with van der Waals surface area (Å²) in [7, 11) is 0. The highest BCUT2D eigenvalue weighted by atomic mass is 35.5. The van der Waals surface area contributed by atoms with Gasteiger partial charge in [-0.15, -0.1) is 0 Å². The second kappa shape index (κ2) is 10.0. The molecule has 6 rings (SSSR count). The molecule has 1 aliphatic carbocycles. The number of halogens is 1. The Labute approximate surface area is 234 Å². The van der Waals surface area contributed by atoms with E-state index in [4.69, 9.17) is 30.5 Å². The number of carbonyl (C=O) groups is 3. The van der Waals surface area contributed by atoms with E-state index in [-0.39, 0.29) is 17.3 Å². The van der Waals surface area contributed by atoms with E-state index < -0.39 is 42.4 Å². The molecule has 40 heavy (non-hydrogen) atoms. The molecule has 3 aliphatic rings. The van der Waals surface area contributed by atoms with Crippen LogP contribution in [0, 0.1) is 5.41 Å². The molecular formula is C27H28ClN5O7. The minimum Gasteiger partial charge on any atom is -0.463 e. The second-order valence-electron chi connectivity index (χ2n) is 10.6. The van der Waals surface area contributed by atoms with Gasteiger partial charge in [0.2, 0.25) is 5.28 Å². The number of fused-ring (bicyclic) bond motifs is 2. The van der Waals surface area contributed by atoms with Crippen molar-refractivity contribution in [2.24, 2.45) is 5.41 Å². The molecule has 2 aliphatic heterocycles. The van der Waals surface area contributed by atoms with E-state index in [2.05, 4.69) is 44.1 Å². The minimum absolute atomic E-state index is 0.0231. The Morgan fingerprint density at radius 2 is 1.65 bits per heavy atom. The Hall–Kier alpha value is -3.77. The molecule has 3 aromatic rings. The van der Waals surface area contributed by atoms with Gasteiger partial charge in [-0.1, -0.05) is 24.3 Å². The van der Waals surface area contributed by atoms with E-state index >= 15 is 0 Å². The van der Waals surface area contributed by atoms with Gasteiger partial charge in [0.1, 0.15) is 12.7 Å². The van der Waals surface area contributed by atoms with Gasteiger partial charge in [-0.2, -0.15) is 9.97 Å². The first-order valence-corrected chi connectivity index (χ1v) is 13.4. The van der Waals surface area contributed by atoms with Gasteiger partial charge < -0.3 is 23.8 Å². The average Bonchev–Trinajstić information content (AvgIpc) is 3.55. The lowest BCUT2D eigenvalue weighted by Gasteiger charge is -2.49. The Morgan fingerprint density at radius 1 is 1.00 bits per heavy atom. The predicted octanol–water partition coefficient (Wildman–Crippen LogP) is 2.41. The Morgan fingerprint density at radius 3 is 2.27 bits per heavy atom. The molecule has 4 heterocycles. The molecule has 1 spiro atoms. The molecule has 0 N–H and O–H groups in total. The van der Waals surface area contributed by atoms with E-state index in [1.807, 2.05) is 0 Å². The van der Waals surface area contributed by atoms with Crippen LogP contribution in [0.4, 0.5) is 5.82 Å². The van der Waals surface area contributed by atoms with Crippen molar-refractivity contribution in [3.05, 3.63) is 47.0 Å². The molecule has 13 heteroatoms. The summed E-state index contributed by atoms with van der Waals surface area (Å²) in [5.74, 6) is -1.15. The molecule has 0 saturated carbocycles. The van der Waals surface area contributed by atoms with Crippen molar-refractivity contribution in [3.63, 3.8) is 0 Å². The molecule has 2 aromatic heterocycles. The zero-order valence-corrected chi connectivity index (χ0v) is 23.0. The van der Waals surface area contributed by atoms with E-state index in [1.165, 1.54) is 38.2 Å². The number of aromatic nitrogens is 4. The summed E-state index contributed by atoms with van der Waals surface area (Å²) >= 11 is 6.40. The number of hydrogen-bond donors (Lipinski definition) is 0. The van der Waals surface area contributed by atoms with Crippen LogP contribution in [0.25, 0.3) is 11.2 Å². The molecule has 0 radical (unpaired) electrons. The summed E-state index contributed by atoms with van der Waals surface area (Å²) in [4.78, 5) is 51.1. The fraction of sp³-hybridized carbons (Fsp3) is 0.481. The van der Waals surface area contributed by atoms with E-state index in [0.29, 0.717) is 17.0 Å². The van der Waals surface area contributed by atoms with Crippen molar-refractivity contribution in [2.75, 3.05) is 24.6 Å². The highest BCUT2D eigenvalue weighted by Crippen LogP contribution is 2.46. The van der Waals surface area contributed by atoms with Crippen LogP contribution < -0.4 is 4.90 Å². The number of hydrogen-bond acceptors (Lipinski definition) is 11. The van der Waals surface area contributed by atoms with Gasteiger partial charge in [0, 0.05) is 39.3 Å². The predicted molar refractivity (Wildman–Crippen MR) is 140 cm³/mol. The molecule has 210 valence electrons. The van der Waals surface area contributed by atoms with Crippen LogP contribution in [0.2, 0.25) is 5.28 Å². The second-order valence-corrected chi connectivity index (χ2v) is 11.0. The summed E-state index contributed by atoms with van der Waals surface area (Å²) in [6.45, 7) is 5.11. The Kier molecular flexibility index (Phi) is 6.62. The SMILES string of the molecule is CC(=O)OC[C@H]1O[C@@H](n2cnc3c(N4CC5(Cc6ccccc6C5)C4)nc(Cl)nc32)C(OC(C)=O)C1OC(C)=O. The van der Waals surface area contributed by atoms with Crippen molar-refractivity contribution in [1.29, 1.82) is 0 Å². The average molecular weight is 570 g/mol. The van der Waals surface area contributed by atoms with E-state index in [1.54, 1.807) is 4.57 Å². The van der Waals surface area contributed by atoms with Gasteiger partial charge in [0.15, 0.2) is 35.4 Å². The highest BCUT2D eigenvalue weighted by molar-refractivity contribution is 6.28. The standard InChI is InChI=1S/C27H28ClN5O7/c1-14(34)37-10-19-21(38-15(2)35)22(39-16(3)36)25(40-19)33-13-29-20-23(30-26(28)31-24(20)33)32-11-27(12-32)8-17-6-4-5-7-18(17)9-27/h4-7,13,19,21-22,25H,8-12H2,1-3H3/t19-,21?,22?,25-/m1/s1. The van der Waals surface area contributed by atoms with Gasteiger partial charge in [-0.3, -0.25) is 19.0 Å². The lowest BCUT2D eigenvalue weighted by atomic mass is 9.77. The molecule has 2 unspecified atom stereocenters. The molecule has 4 atom stereocenters. The number of nitrogens with zero attached hydrogens (tertiary/aromatic N) is 5. The summed E-state index contributed by atoms with van der Waals surface area (Å²) in [6, 6.07) is 8.53. The third-order valence-corrected chi connectivity index (χ3v) is 7.76. The van der Waals surface area contributed by atoms with Crippen LogP contribution in [0.3, 0.4) is 0 Å². The highest BCUT2D eigenvalue weighted by Gasteiger charge is 2.52. The molecule has 12 nitrogen and oxygen atoms in total. The third-order valence-electron chi connectivity index (χ3n) is 7.59. The van der Waals surface area contributed by atoms with Crippen molar-refractivity contribution in [1.82, 2.24) is 19.5 Å². The molecule has 2 saturated heterocycles. The van der Waals surface area contributed by atoms with Gasteiger partial charge in [0.25, 0.3) is 0 Å². The smallest absolute Gasteiger partial charge is 0.303 e. The third kappa shape index (κ3) is 4.75. The molecule has 2 fully saturated rings. The topological polar surface area (TPSA) is 135 Å². The first-order chi connectivity index (χ1) is 19.1. The Bertz CT molecular complexity index is 1480. The zero-order valence-electron chi connectivity index (χ0n) is 22.2. The van der Waals surface area contributed by atoms with Crippen molar-refractivity contribution < 1.29 is 33.3 Å². The maximum absolute atomic E-state index is 12.0. The van der Waals surface area contributed by atoms with Crippen LogP contribution in [-0.2, 0) is 46.2 Å². The van der Waals surface area contributed by atoms with Crippen molar-refractivity contribution in [2.45, 2.75) is 58.2 Å². The summed E-state index contributed by atoms with van der Waals surface area (Å²) in [6.07, 6.45) is -0.491. The van der Waals surface area contributed by atoms with Gasteiger partial charge in [0.05, 0.1) is 6.33 Å². The fourth-order valence-corrected chi connectivity index (χ4v) is 6.27. The summed E-state index contributed by atoms with van der Waals surface area (Å²) < 4.78 is 23.9. The lowest BCUT2D eigenvalue weighted by molar-refractivity contribution is -0.166. The number of esters is 3. The fourth-order valence-electron chi connectivity index (χ4n) is 6.11. The zero-order chi connectivity index (χ0) is 28.2.